The fourth-order valence-corrected chi connectivity index (χ4v) is 2.83. The molecule has 0 unspecified atom stereocenters. The summed E-state index contributed by atoms with van der Waals surface area (Å²) in [6, 6.07) is 19.8. The highest BCUT2D eigenvalue weighted by molar-refractivity contribution is 5.48. The van der Waals surface area contributed by atoms with Gasteiger partial charge in [-0.05, 0) is 63.2 Å². The summed E-state index contributed by atoms with van der Waals surface area (Å²) in [6.45, 7) is 9.54. The molecule has 138 valence electrons. The van der Waals surface area contributed by atoms with Crippen molar-refractivity contribution < 1.29 is 0 Å². The van der Waals surface area contributed by atoms with Crippen LogP contribution in [0.2, 0.25) is 0 Å². The average Bonchev–Trinajstić information content (AvgIpc) is 2.66. The quantitative estimate of drug-likeness (QED) is 0.613. The van der Waals surface area contributed by atoms with Gasteiger partial charge in [-0.25, -0.2) is 0 Å². The minimum absolute atomic E-state index is 1.07. The minimum Gasteiger partial charge on any atom is -0.371 e. The van der Waals surface area contributed by atoms with Gasteiger partial charge in [0.1, 0.15) is 0 Å². The summed E-state index contributed by atoms with van der Waals surface area (Å²) in [4.78, 5) is 4.80. The Bertz CT molecular complexity index is 563. The first kappa shape index (κ1) is 21.2. The Kier molecular flexibility index (Phi) is 10.7. The van der Waals surface area contributed by atoms with Crippen LogP contribution in [0, 0.1) is 0 Å². The van der Waals surface area contributed by atoms with E-state index in [1.807, 2.05) is 13.8 Å². The molecule has 0 heterocycles. The van der Waals surface area contributed by atoms with Crippen LogP contribution in [0.1, 0.15) is 38.3 Å². The molecule has 0 amide bonds. The van der Waals surface area contributed by atoms with E-state index in [2.05, 4.69) is 85.4 Å². The maximum atomic E-state index is 2.54. The molecule has 0 spiro atoms. The molecule has 0 fully saturated rings. The van der Waals surface area contributed by atoms with Crippen molar-refractivity contribution in [1.82, 2.24) is 4.90 Å². The van der Waals surface area contributed by atoms with Gasteiger partial charge in [-0.2, -0.15) is 0 Å². The van der Waals surface area contributed by atoms with Gasteiger partial charge in [-0.1, -0.05) is 63.2 Å². The monoisotopic (exact) mass is 340 g/mol. The fourth-order valence-electron chi connectivity index (χ4n) is 2.83. The summed E-state index contributed by atoms with van der Waals surface area (Å²) in [5.74, 6) is 0. The third-order valence-electron chi connectivity index (χ3n) is 4.23. The van der Waals surface area contributed by atoms with E-state index in [0.717, 1.165) is 32.5 Å². The molecule has 0 radical (unpaired) electrons. The van der Waals surface area contributed by atoms with Crippen molar-refractivity contribution in [3.63, 3.8) is 0 Å². The van der Waals surface area contributed by atoms with Crippen molar-refractivity contribution >= 4 is 5.69 Å². The van der Waals surface area contributed by atoms with Gasteiger partial charge in [-0.3, -0.25) is 0 Å². The van der Waals surface area contributed by atoms with E-state index in [9.17, 15) is 0 Å². The topological polar surface area (TPSA) is 6.48 Å². The summed E-state index contributed by atoms with van der Waals surface area (Å²) in [5.41, 5.74) is 4.19. The van der Waals surface area contributed by atoms with Gasteiger partial charge in [0.25, 0.3) is 0 Å². The highest BCUT2D eigenvalue weighted by Gasteiger charge is 2.08. The van der Waals surface area contributed by atoms with Crippen LogP contribution in [-0.2, 0) is 12.8 Å². The van der Waals surface area contributed by atoms with Gasteiger partial charge < -0.3 is 9.80 Å². The van der Waals surface area contributed by atoms with Crippen molar-refractivity contribution in [2.24, 2.45) is 0 Å². The average molecular weight is 341 g/mol. The Hall–Kier alpha value is -1.80. The van der Waals surface area contributed by atoms with E-state index in [0.29, 0.717) is 0 Å². The van der Waals surface area contributed by atoms with E-state index < -0.39 is 0 Å². The zero-order valence-corrected chi connectivity index (χ0v) is 16.8. The molecular formula is C23H36N2. The molecule has 0 saturated carbocycles. The smallest absolute Gasteiger partial charge is 0.0369 e. The number of benzene rings is 2. The van der Waals surface area contributed by atoms with E-state index >= 15 is 0 Å². The molecule has 2 aromatic rings. The molecule has 2 heteroatoms. The molecule has 25 heavy (non-hydrogen) atoms. The van der Waals surface area contributed by atoms with E-state index in [1.165, 1.54) is 23.2 Å². The summed E-state index contributed by atoms with van der Waals surface area (Å²) in [5, 5.41) is 0. The van der Waals surface area contributed by atoms with Gasteiger partial charge in [0.2, 0.25) is 0 Å². The number of hydrogen-bond donors (Lipinski definition) is 0. The van der Waals surface area contributed by atoms with E-state index in [-0.39, 0.29) is 0 Å². The molecular weight excluding hydrogens is 304 g/mol. The minimum atomic E-state index is 1.07. The van der Waals surface area contributed by atoms with Crippen molar-refractivity contribution in [1.29, 1.82) is 0 Å². The van der Waals surface area contributed by atoms with Gasteiger partial charge in [0.15, 0.2) is 0 Å². The number of nitrogens with zero attached hydrogens (tertiary/aromatic N) is 2. The lowest BCUT2D eigenvalue weighted by Crippen LogP contribution is -2.29. The Labute approximate surface area is 155 Å². The molecule has 2 nitrogen and oxygen atoms in total. The van der Waals surface area contributed by atoms with E-state index in [4.69, 9.17) is 0 Å². The SMILES string of the molecule is CC.CCc1cccc(N(CCCN(C)C)CCc2ccccc2)c1. The van der Waals surface area contributed by atoms with Crippen LogP contribution in [0.3, 0.4) is 0 Å². The summed E-state index contributed by atoms with van der Waals surface area (Å²) >= 11 is 0. The van der Waals surface area contributed by atoms with Gasteiger partial charge >= 0.3 is 0 Å². The molecule has 2 rings (SSSR count). The Morgan fingerprint density at radius 1 is 0.760 bits per heavy atom. The first-order chi connectivity index (χ1) is 12.2. The molecule has 0 aromatic heterocycles. The molecule has 0 aliphatic carbocycles. The van der Waals surface area contributed by atoms with Crippen molar-refractivity contribution in [2.45, 2.75) is 40.0 Å². The maximum absolute atomic E-state index is 2.54. The highest BCUT2D eigenvalue weighted by Crippen LogP contribution is 2.18. The van der Waals surface area contributed by atoms with Crippen LogP contribution >= 0.6 is 0 Å². The highest BCUT2D eigenvalue weighted by atomic mass is 15.1. The Morgan fingerprint density at radius 3 is 2.08 bits per heavy atom. The molecule has 0 aliphatic heterocycles. The molecule has 0 bridgehead atoms. The molecule has 0 aliphatic rings. The summed E-state index contributed by atoms with van der Waals surface area (Å²) < 4.78 is 0. The predicted octanol–water partition coefficient (Wildman–Crippen LogP) is 5.28. The lowest BCUT2D eigenvalue weighted by molar-refractivity contribution is 0.400. The molecule has 0 saturated heterocycles. The summed E-state index contributed by atoms with van der Waals surface area (Å²) in [7, 11) is 4.29. The second kappa shape index (κ2) is 12.5. The van der Waals surface area contributed by atoms with Gasteiger partial charge in [-0.15, -0.1) is 0 Å². The molecule has 0 N–H and O–H groups in total. The van der Waals surface area contributed by atoms with Gasteiger partial charge in [0, 0.05) is 18.8 Å². The first-order valence-corrected chi connectivity index (χ1v) is 9.71. The van der Waals surface area contributed by atoms with E-state index in [1.54, 1.807) is 0 Å². The third kappa shape index (κ3) is 8.22. The van der Waals surface area contributed by atoms with Crippen molar-refractivity contribution in [3.8, 4) is 0 Å². The van der Waals surface area contributed by atoms with Gasteiger partial charge in [0.05, 0.1) is 0 Å². The van der Waals surface area contributed by atoms with Crippen LogP contribution in [0.15, 0.2) is 54.6 Å². The fraction of sp³-hybridized carbons (Fsp3) is 0.478. The van der Waals surface area contributed by atoms with Crippen molar-refractivity contribution in [3.05, 3.63) is 65.7 Å². The van der Waals surface area contributed by atoms with Crippen LogP contribution in [0.25, 0.3) is 0 Å². The molecule has 0 atom stereocenters. The first-order valence-electron chi connectivity index (χ1n) is 9.71. The zero-order chi connectivity index (χ0) is 18.5. The number of anilines is 1. The molecule has 2 aromatic carbocycles. The Balaban J connectivity index is 0.00000151. The largest absolute Gasteiger partial charge is 0.371 e. The third-order valence-corrected chi connectivity index (χ3v) is 4.23. The summed E-state index contributed by atoms with van der Waals surface area (Å²) in [6.07, 6.45) is 3.38. The lowest BCUT2D eigenvalue weighted by atomic mass is 10.1. The normalized spacial score (nSPS) is 10.3. The maximum Gasteiger partial charge on any atom is 0.0369 e. The standard InChI is InChI=1S/C21H30N2.C2H6/c1-4-19-12-8-13-21(18-19)23(16-9-15-22(2)3)17-14-20-10-6-5-7-11-20;1-2/h5-8,10-13,18H,4,9,14-17H2,1-3H3;1-2H3. The number of aryl methyl sites for hydroxylation is 1. The predicted molar refractivity (Wildman–Crippen MR) is 113 cm³/mol. The second-order valence-electron chi connectivity index (χ2n) is 6.40. The Morgan fingerprint density at radius 2 is 1.44 bits per heavy atom. The number of hydrogen-bond acceptors (Lipinski definition) is 2. The van der Waals surface area contributed by atoms with Crippen LogP contribution < -0.4 is 4.90 Å². The second-order valence-corrected chi connectivity index (χ2v) is 6.40. The van der Waals surface area contributed by atoms with Crippen LogP contribution in [0.4, 0.5) is 5.69 Å². The number of rotatable bonds is 9. The lowest BCUT2D eigenvalue weighted by Gasteiger charge is -2.26. The van der Waals surface area contributed by atoms with Crippen LogP contribution in [0.5, 0.6) is 0 Å². The zero-order valence-electron chi connectivity index (χ0n) is 16.8. The van der Waals surface area contributed by atoms with Crippen LogP contribution in [-0.4, -0.2) is 38.6 Å². The van der Waals surface area contributed by atoms with Crippen molar-refractivity contribution in [2.75, 3.05) is 38.6 Å².